The lowest BCUT2D eigenvalue weighted by Gasteiger charge is -2.40. The molecular formula is C22H22O9. The number of hydrogen-bond donors (Lipinski definition) is 5. The number of rotatable bonds is 4. The molecule has 9 heteroatoms. The highest BCUT2D eigenvalue weighted by molar-refractivity contribution is 5.89. The zero-order valence-corrected chi connectivity index (χ0v) is 16.5. The Labute approximate surface area is 176 Å². The summed E-state index contributed by atoms with van der Waals surface area (Å²) >= 11 is 0. The van der Waals surface area contributed by atoms with Crippen molar-refractivity contribution in [2.75, 3.05) is 13.7 Å². The molecule has 1 aromatic heterocycles. The Morgan fingerprint density at radius 3 is 2.39 bits per heavy atom. The molecule has 0 radical (unpaired) electrons. The fourth-order valence-corrected chi connectivity index (χ4v) is 3.83. The topological polar surface area (TPSA) is 150 Å². The minimum Gasteiger partial charge on any atom is -0.507 e. The zero-order chi connectivity index (χ0) is 22.3. The largest absolute Gasteiger partial charge is 0.507 e. The average Bonchev–Trinajstić information content (AvgIpc) is 2.78. The smallest absolute Gasteiger partial charge is 0.197 e. The van der Waals surface area contributed by atoms with E-state index in [1.165, 1.54) is 19.2 Å². The molecular weight excluding hydrogens is 408 g/mol. The molecule has 1 aliphatic heterocycles. The lowest BCUT2D eigenvalue weighted by molar-refractivity contribution is -0.231. The van der Waals surface area contributed by atoms with Crippen LogP contribution in [-0.4, -0.2) is 63.7 Å². The lowest BCUT2D eigenvalue weighted by atomic mass is 9.89. The van der Waals surface area contributed by atoms with Gasteiger partial charge in [0.15, 0.2) is 11.0 Å². The van der Waals surface area contributed by atoms with Crippen LogP contribution in [0.25, 0.3) is 22.3 Å². The Kier molecular flexibility index (Phi) is 5.69. The second kappa shape index (κ2) is 8.29. The van der Waals surface area contributed by atoms with Crippen LogP contribution in [0.5, 0.6) is 11.5 Å². The highest BCUT2D eigenvalue weighted by Gasteiger charge is 2.46. The summed E-state index contributed by atoms with van der Waals surface area (Å²) in [6, 6.07) is 11.2. The maximum absolute atomic E-state index is 12.9. The molecule has 5 atom stereocenters. The number of ether oxygens (including phenoxy) is 2. The third-order valence-corrected chi connectivity index (χ3v) is 5.44. The Morgan fingerprint density at radius 1 is 1.03 bits per heavy atom. The van der Waals surface area contributed by atoms with Crippen LogP contribution in [-0.2, 0) is 4.74 Å². The van der Waals surface area contributed by atoms with E-state index in [-0.39, 0.29) is 28.0 Å². The summed E-state index contributed by atoms with van der Waals surface area (Å²) in [6.45, 7) is -0.626. The predicted molar refractivity (Wildman–Crippen MR) is 109 cm³/mol. The molecule has 2 unspecified atom stereocenters. The number of aliphatic hydroxyl groups is 4. The number of methoxy groups -OCH3 is 1. The van der Waals surface area contributed by atoms with Crippen LogP contribution < -0.4 is 10.2 Å². The van der Waals surface area contributed by atoms with Crippen molar-refractivity contribution >= 4 is 11.0 Å². The molecule has 3 aromatic rings. The van der Waals surface area contributed by atoms with Crippen molar-refractivity contribution in [3.63, 3.8) is 0 Å². The first-order valence-corrected chi connectivity index (χ1v) is 9.61. The average molecular weight is 430 g/mol. The van der Waals surface area contributed by atoms with Crippen molar-refractivity contribution in [1.29, 1.82) is 0 Å². The van der Waals surface area contributed by atoms with Gasteiger partial charge in [0.2, 0.25) is 0 Å². The monoisotopic (exact) mass is 430 g/mol. The highest BCUT2D eigenvalue weighted by atomic mass is 16.5. The summed E-state index contributed by atoms with van der Waals surface area (Å²) in [5.41, 5.74) is 0.0178. The summed E-state index contributed by atoms with van der Waals surface area (Å²) in [4.78, 5) is 12.9. The van der Waals surface area contributed by atoms with E-state index in [2.05, 4.69) is 0 Å². The van der Waals surface area contributed by atoms with Crippen LogP contribution in [0.4, 0.5) is 0 Å². The molecule has 2 aromatic carbocycles. The van der Waals surface area contributed by atoms with Gasteiger partial charge in [-0.25, -0.2) is 0 Å². The second-order valence-electron chi connectivity index (χ2n) is 7.31. The number of phenolic OH excluding ortho intramolecular Hbond substituents is 1. The summed E-state index contributed by atoms with van der Waals surface area (Å²) in [7, 11) is 1.31. The molecule has 0 spiro atoms. The summed E-state index contributed by atoms with van der Waals surface area (Å²) < 4.78 is 17.0. The van der Waals surface area contributed by atoms with E-state index in [1.54, 1.807) is 30.3 Å². The second-order valence-corrected chi connectivity index (χ2v) is 7.31. The minimum atomic E-state index is -1.64. The maximum Gasteiger partial charge on any atom is 0.197 e. The molecule has 5 N–H and O–H groups in total. The first-order chi connectivity index (χ1) is 14.9. The van der Waals surface area contributed by atoms with E-state index in [0.29, 0.717) is 5.56 Å². The van der Waals surface area contributed by atoms with E-state index >= 15 is 0 Å². The van der Waals surface area contributed by atoms with Gasteiger partial charge in [-0.15, -0.1) is 0 Å². The Morgan fingerprint density at radius 2 is 1.74 bits per heavy atom. The van der Waals surface area contributed by atoms with Gasteiger partial charge >= 0.3 is 0 Å². The molecule has 1 saturated heterocycles. The molecule has 9 nitrogen and oxygen atoms in total. The first-order valence-electron chi connectivity index (χ1n) is 9.61. The van der Waals surface area contributed by atoms with Gasteiger partial charge in [-0.05, 0) is 0 Å². The standard InChI is InChI=1S/C22H22O9/c1-29-14-8-12(25)16-11(24)7-13(10-5-3-2-4-6-10)30-21(16)17(14)22-20(28)19(27)18(26)15(9-23)31-22/h2-8,15,18-20,22-23,25-28H,9H2,1H3/t15?,18-,19+,20?,22+/m1/s1. The summed E-state index contributed by atoms with van der Waals surface area (Å²) in [5.74, 6) is -0.159. The fraction of sp³-hybridized carbons (Fsp3) is 0.318. The minimum absolute atomic E-state index is 0.0303. The number of fused-ring (bicyclic) bond motifs is 1. The van der Waals surface area contributed by atoms with E-state index in [4.69, 9.17) is 13.9 Å². The SMILES string of the molecule is COc1cc(O)c2c(=O)cc(-c3ccccc3)oc2c1[C@@H]1OC(CO)[C@@H](O)[C@H](O)C1O. The molecule has 31 heavy (non-hydrogen) atoms. The van der Waals surface area contributed by atoms with Crippen molar-refractivity contribution in [1.82, 2.24) is 0 Å². The van der Waals surface area contributed by atoms with Gasteiger partial charge in [0, 0.05) is 17.7 Å². The van der Waals surface area contributed by atoms with Crippen LogP contribution in [0.2, 0.25) is 0 Å². The molecule has 1 fully saturated rings. The summed E-state index contributed by atoms with van der Waals surface area (Å²) in [5, 5.41) is 50.8. The number of aromatic hydroxyl groups is 1. The van der Waals surface area contributed by atoms with Gasteiger partial charge in [0.25, 0.3) is 0 Å². The molecule has 0 aliphatic carbocycles. The normalized spacial score (nSPS) is 26.2. The molecule has 1 aliphatic rings. The number of aliphatic hydroxyl groups excluding tert-OH is 4. The highest BCUT2D eigenvalue weighted by Crippen LogP contribution is 2.44. The van der Waals surface area contributed by atoms with Crippen LogP contribution in [0.15, 0.2) is 51.7 Å². The fourth-order valence-electron chi connectivity index (χ4n) is 3.83. The molecule has 164 valence electrons. The molecule has 2 heterocycles. The van der Waals surface area contributed by atoms with E-state index in [9.17, 15) is 30.3 Å². The Hall–Kier alpha value is -2.95. The van der Waals surface area contributed by atoms with E-state index in [1.807, 2.05) is 0 Å². The molecule has 0 saturated carbocycles. The summed E-state index contributed by atoms with van der Waals surface area (Å²) in [6.07, 6.45) is -7.35. The van der Waals surface area contributed by atoms with Crippen molar-refractivity contribution < 1.29 is 39.4 Å². The van der Waals surface area contributed by atoms with Crippen molar-refractivity contribution in [2.45, 2.75) is 30.5 Å². The molecule has 4 rings (SSSR count). The first kappa shape index (κ1) is 21.3. The van der Waals surface area contributed by atoms with Gasteiger partial charge in [0.05, 0.1) is 19.3 Å². The lowest BCUT2D eigenvalue weighted by Crippen LogP contribution is -2.55. The van der Waals surface area contributed by atoms with Crippen LogP contribution in [0.1, 0.15) is 11.7 Å². The Balaban J connectivity index is 2.00. The number of hydrogen-bond acceptors (Lipinski definition) is 9. The van der Waals surface area contributed by atoms with Crippen molar-refractivity contribution in [3.05, 3.63) is 58.3 Å². The van der Waals surface area contributed by atoms with Crippen LogP contribution >= 0.6 is 0 Å². The number of phenols is 1. The number of benzene rings is 2. The van der Waals surface area contributed by atoms with E-state index in [0.717, 1.165) is 0 Å². The van der Waals surface area contributed by atoms with Crippen molar-refractivity contribution in [2.24, 2.45) is 0 Å². The molecule has 0 bridgehead atoms. The van der Waals surface area contributed by atoms with E-state index < -0.39 is 48.3 Å². The predicted octanol–water partition coefficient (Wildman–Crippen LogP) is 0.689. The molecule has 0 amide bonds. The van der Waals surface area contributed by atoms with Gasteiger partial charge in [0.1, 0.15) is 53.2 Å². The maximum atomic E-state index is 12.9. The Bertz CT molecular complexity index is 1140. The zero-order valence-electron chi connectivity index (χ0n) is 16.5. The quantitative estimate of drug-likeness (QED) is 0.403. The van der Waals surface area contributed by atoms with Gasteiger partial charge < -0.3 is 39.4 Å². The third-order valence-electron chi connectivity index (χ3n) is 5.44. The van der Waals surface area contributed by atoms with Crippen LogP contribution in [0.3, 0.4) is 0 Å². The third kappa shape index (κ3) is 3.56. The van der Waals surface area contributed by atoms with Gasteiger partial charge in [-0.3, -0.25) is 4.79 Å². The van der Waals surface area contributed by atoms with Crippen LogP contribution in [0, 0.1) is 0 Å². The van der Waals surface area contributed by atoms with Crippen molar-refractivity contribution in [3.8, 4) is 22.8 Å². The van der Waals surface area contributed by atoms with Gasteiger partial charge in [-0.2, -0.15) is 0 Å². The van der Waals surface area contributed by atoms with Gasteiger partial charge in [-0.1, -0.05) is 30.3 Å².